The normalized spacial score (nSPS) is 10.6. The Morgan fingerprint density at radius 2 is 1.79 bits per heavy atom. The molecule has 1 aromatic carbocycles. The van der Waals surface area contributed by atoms with Crippen molar-refractivity contribution in [2.75, 3.05) is 0 Å². The minimum absolute atomic E-state index is 0. The first-order valence-electron chi connectivity index (χ1n) is 3.98. The van der Waals surface area contributed by atoms with Crippen LogP contribution in [0, 0.1) is 13.0 Å². The van der Waals surface area contributed by atoms with Gasteiger partial charge in [0.25, 0.3) is 0 Å². The van der Waals surface area contributed by atoms with Gasteiger partial charge in [0.1, 0.15) is 0 Å². The van der Waals surface area contributed by atoms with Gasteiger partial charge in [0.15, 0.2) is 0 Å². The Bertz CT molecular complexity index is 255. The van der Waals surface area contributed by atoms with E-state index in [0.29, 0.717) is 0 Å². The van der Waals surface area contributed by atoms with Gasteiger partial charge >= 0.3 is 26.2 Å². The largest absolute Gasteiger partial charge is 2.00 e. The van der Waals surface area contributed by atoms with Gasteiger partial charge in [-0.15, -0.1) is 31.0 Å². The second-order valence-corrected chi connectivity index (χ2v) is 2.49. The van der Waals surface area contributed by atoms with Gasteiger partial charge in [0, 0.05) is 0 Å². The molecule has 14 heavy (non-hydrogen) atoms. The number of benzene rings is 1. The number of hydrogen-bond acceptors (Lipinski definition) is 0. The third-order valence-electron chi connectivity index (χ3n) is 1.43. The predicted molar refractivity (Wildman–Crippen MR) is 59.7 cm³/mol. The average Bonchev–Trinajstić information content (AvgIpc) is 2.62. The fraction of sp³-hybridized carbons (Fsp3) is 0.0833. The van der Waals surface area contributed by atoms with Gasteiger partial charge in [-0.1, -0.05) is 6.07 Å². The Hall–Kier alpha value is -0.257. The quantitative estimate of drug-likeness (QED) is 0.639. The Morgan fingerprint density at radius 1 is 1.14 bits per heavy atom. The second-order valence-electron chi connectivity index (χ2n) is 2.49. The van der Waals surface area contributed by atoms with E-state index in [1.165, 1.54) is 0 Å². The third kappa shape index (κ3) is 8.35. The summed E-state index contributed by atoms with van der Waals surface area (Å²) in [5.74, 6) is 0. The smallest absolute Gasteiger partial charge is 0.273 e. The molecule has 72 valence electrons. The zero-order valence-electron chi connectivity index (χ0n) is 7.94. The zero-order valence-corrected chi connectivity index (χ0v) is 11.2. The van der Waals surface area contributed by atoms with Crippen LogP contribution in [0.3, 0.4) is 0 Å². The summed E-state index contributed by atoms with van der Waals surface area (Å²) in [6.07, 6.45) is 10.0. The number of rotatable bonds is 0. The van der Waals surface area contributed by atoms with Crippen molar-refractivity contribution in [2.24, 2.45) is 0 Å². The summed E-state index contributed by atoms with van der Waals surface area (Å²) >= 11 is 0. The number of halogens is 1. The van der Waals surface area contributed by atoms with Crippen LogP contribution in [-0.2, 0) is 26.2 Å². The molecular weight excluding hydrogens is 271 g/mol. The Balaban J connectivity index is 0. The maximum Gasteiger partial charge on any atom is 2.00 e. The van der Waals surface area contributed by atoms with Crippen molar-refractivity contribution in [3.05, 3.63) is 67.1 Å². The van der Waals surface area contributed by atoms with Gasteiger partial charge in [-0.25, -0.2) is 12.2 Å². The van der Waals surface area contributed by atoms with Gasteiger partial charge in [-0.2, -0.15) is 30.7 Å². The summed E-state index contributed by atoms with van der Waals surface area (Å²) < 4.78 is 0. The molecule has 1 aliphatic rings. The van der Waals surface area contributed by atoms with Gasteiger partial charge in [-0.3, -0.25) is 6.08 Å². The summed E-state index contributed by atoms with van der Waals surface area (Å²) in [7, 11) is 0. The van der Waals surface area contributed by atoms with Crippen molar-refractivity contribution in [1.29, 1.82) is 0 Å². The van der Waals surface area contributed by atoms with Crippen molar-refractivity contribution >= 4 is 12.4 Å². The molecule has 0 aliphatic heterocycles. The van der Waals surface area contributed by atoms with E-state index in [2.05, 4.69) is 19.1 Å². The minimum atomic E-state index is 0. The number of allylic oxidation sites excluding steroid dienone is 4. The van der Waals surface area contributed by atoms with Crippen LogP contribution in [0.1, 0.15) is 12.0 Å². The summed E-state index contributed by atoms with van der Waals surface area (Å²) in [4.78, 5) is 0. The molecule has 0 saturated heterocycles. The SMILES string of the molecule is Cl.[C-]1=CC=CC1.[CH2-]c1ccccc1.[Zr+2]. The van der Waals surface area contributed by atoms with Crippen LogP contribution in [0.2, 0.25) is 0 Å². The Kier molecular flexibility index (Phi) is 12.5. The van der Waals surface area contributed by atoms with Gasteiger partial charge < -0.3 is 0 Å². The number of hydrogen-bond donors (Lipinski definition) is 0. The molecule has 2 rings (SSSR count). The van der Waals surface area contributed by atoms with Crippen molar-refractivity contribution in [1.82, 2.24) is 0 Å². The molecule has 0 amide bonds. The zero-order chi connectivity index (χ0) is 8.65. The molecule has 0 fully saturated rings. The van der Waals surface area contributed by atoms with Crippen molar-refractivity contribution in [3.8, 4) is 0 Å². The molecular formula is C12H13ClZr. The van der Waals surface area contributed by atoms with Gasteiger partial charge in [0.05, 0.1) is 0 Å². The first-order valence-corrected chi connectivity index (χ1v) is 3.98. The van der Waals surface area contributed by atoms with Gasteiger partial charge in [-0.05, 0) is 0 Å². The second kappa shape index (κ2) is 10.8. The maximum atomic E-state index is 3.72. The fourth-order valence-electron chi connectivity index (χ4n) is 0.818. The molecule has 2 heteroatoms. The molecule has 1 aromatic rings. The fourth-order valence-corrected chi connectivity index (χ4v) is 0.818. The summed E-state index contributed by atoms with van der Waals surface area (Å²) in [6.45, 7) is 3.72. The Morgan fingerprint density at radius 3 is 2.00 bits per heavy atom. The van der Waals surface area contributed by atoms with E-state index in [0.717, 1.165) is 12.0 Å². The molecule has 0 saturated carbocycles. The van der Waals surface area contributed by atoms with E-state index in [1.807, 2.05) is 42.5 Å². The van der Waals surface area contributed by atoms with E-state index >= 15 is 0 Å². The topological polar surface area (TPSA) is 0 Å². The molecule has 0 unspecified atom stereocenters. The van der Waals surface area contributed by atoms with Crippen molar-refractivity contribution < 1.29 is 26.2 Å². The predicted octanol–water partition coefficient (Wildman–Crippen LogP) is 3.59. The molecule has 0 bridgehead atoms. The van der Waals surface area contributed by atoms with Crippen LogP contribution in [0.25, 0.3) is 0 Å². The van der Waals surface area contributed by atoms with Crippen molar-refractivity contribution in [2.45, 2.75) is 6.42 Å². The molecule has 0 radical (unpaired) electrons. The molecule has 0 aromatic heterocycles. The molecule has 0 heterocycles. The summed E-state index contributed by atoms with van der Waals surface area (Å²) in [6, 6.07) is 9.87. The van der Waals surface area contributed by atoms with E-state index in [1.54, 1.807) is 0 Å². The molecule has 0 nitrogen and oxygen atoms in total. The van der Waals surface area contributed by atoms with E-state index < -0.39 is 0 Å². The molecule has 0 N–H and O–H groups in total. The standard InChI is InChI=1S/C7H7.C5H5.ClH.Zr/c1-7-5-3-2-4-6-7;1-2-4-5-3-1;;/h2-6H,1H2;1-3H,4H2;1H;/q2*-1;;+2. The van der Waals surface area contributed by atoms with Crippen LogP contribution in [0.15, 0.2) is 48.6 Å². The molecule has 1 aliphatic carbocycles. The first-order chi connectivity index (χ1) is 5.89. The Labute approximate surface area is 112 Å². The van der Waals surface area contributed by atoms with E-state index in [4.69, 9.17) is 0 Å². The summed E-state index contributed by atoms with van der Waals surface area (Å²) in [5.41, 5.74) is 1.07. The average molecular weight is 284 g/mol. The summed E-state index contributed by atoms with van der Waals surface area (Å²) in [5, 5.41) is 0. The van der Waals surface area contributed by atoms with Crippen LogP contribution in [-0.4, -0.2) is 0 Å². The van der Waals surface area contributed by atoms with Crippen LogP contribution < -0.4 is 0 Å². The first kappa shape index (κ1) is 16.2. The van der Waals surface area contributed by atoms with E-state index in [-0.39, 0.29) is 38.6 Å². The van der Waals surface area contributed by atoms with Gasteiger partial charge in [0.2, 0.25) is 0 Å². The van der Waals surface area contributed by atoms with E-state index in [9.17, 15) is 0 Å². The molecule has 0 atom stereocenters. The van der Waals surface area contributed by atoms with Crippen LogP contribution >= 0.6 is 12.4 Å². The maximum absolute atomic E-state index is 3.72. The van der Waals surface area contributed by atoms with Crippen LogP contribution in [0.4, 0.5) is 0 Å². The third-order valence-corrected chi connectivity index (χ3v) is 1.43. The van der Waals surface area contributed by atoms with Crippen molar-refractivity contribution in [3.63, 3.8) is 0 Å². The molecule has 0 spiro atoms. The monoisotopic (exact) mass is 282 g/mol. The van der Waals surface area contributed by atoms with Crippen LogP contribution in [0.5, 0.6) is 0 Å². The minimum Gasteiger partial charge on any atom is -0.273 e.